The first-order valence-corrected chi connectivity index (χ1v) is 11.0. The number of amides is 1. The lowest BCUT2D eigenvalue weighted by Crippen LogP contribution is -2.39. The first kappa shape index (κ1) is 21.5. The summed E-state index contributed by atoms with van der Waals surface area (Å²) in [5, 5.41) is 2.72. The van der Waals surface area contributed by atoms with Crippen molar-refractivity contribution in [1.29, 1.82) is 0 Å². The smallest absolute Gasteiger partial charge is 0.316 e. The van der Waals surface area contributed by atoms with Crippen molar-refractivity contribution in [3.8, 4) is 0 Å². The van der Waals surface area contributed by atoms with Crippen LogP contribution < -0.4 is 16.4 Å². The lowest BCUT2D eigenvalue weighted by Gasteiger charge is -2.11. The van der Waals surface area contributed by atoms with Gasteiger partial charge in [-0.1, -0.05) is 29.8 Å². The normalized spacial score (nSPS) is 11.6. The molecule has 1 N–H and O–H groups in total. The van der Waals surface area contributed by atoms with Gasteiger partial charge in [0.25, 0.3) is 0 Å². The second-order valence-electron chi connectivity index (χ2n) is 7.21. The molecule has 0 spiro atoms. The van der Waals surface area contributed by atoms with E-state index in [-0.39, 0.29) is 23.0 Å². The van der Waals surface area contributed by atoms with Gasteiger partial charge in [0.15, 0.2) is 9.84 Å². The van der Waals surface area contributed by atoms with Crippen LogP contribution in [0.25, 0.3) is 11.0 Å². The van der Waals surface area contributed by atoms with Gasteiger partial charge in [-0.2, -0.15) is 0 Å². The Morgan fingerprint density at radius 3 is 2.17 bits per heavy atom. The molecule has 30 heavy (non-hydrogen) atoms. The summed E-state index contributed by atoms with van der Waals surface area (Å²) >= 11 is 0. The topological polar surface area (TPSA) is 107 Å². The molecule has 1 aromatic heterocycles. The number of carbonyl (C=O) groups excluding carboxylic acids is 1. The maximum Gasteiger partial charge on any atom is 0.316 e. The molecule has 0 bridgehead atoms. The number of benzene rings is 2. The van der Waals surface area contributed by atoms with E-state index < -0.39 is 21.0 Å². The van der Waals surface area contributed by atoms with Crippen LogP contribution in [0.3, 0.4) is 0 Å². The highest BCUT2D eigenvalue weighted by Gasteiger charge is 2.19. The Hall–Kier alpha value is -3.20. The van der Waals surface area contributed by atoms with E-state index in [1.54, 1.807) is 0 Å². The number of rotatable bonds is 6. The van der Waals surface area contributed by atoms with Crippen molar-refractivity contribution >= 4 is 26.8 Å². The second-order valence-corrected chi connectivity index (χ2v) is 9.32. The quantitative estimate of drug-likeness (QED) is 0.589. The predicted molar refractivity (Wildman–Crippen MR) is 114 cm³/mol. The highest BCUT2D eigenvalue weighted by molar-refractivity contribution is 7.91. The zero-order chi connectivity index (χ0) is 22.1. The third-order valence-electron chi connectivity index (χ3n) is 5.03. The van der Waals surface area contributed by atoms with Gasteiger partial charge in [-0.25, -0.2) is 8.42 Å². The lowest BCUT2D eigenvalue weighted by molar-refractivity contribution is -0.120. The lowest BCUT2D eigenvalue weighted by atomic mass is 10.1. The minimum atomic E-state index is -3.75. The van der Waals surface area contributed by atoms with Gasteiger partial charge in [-0.3, -0.25) is 14.4 Å². The second kappa shape index (κ2) is 8.27. The summed E-state index contributed by atoms with van der Waals surface area (Å²) in [6.07, 6.45) is -0.182. The van der Waals surface area contributed by atoms with E-state index in [4.69, 9.17) is 0 Å². The van der Waals surface area contributed by atoms with Crippen LogP contribution in [0.1, 0.15) is 17.5 Å². The summed E-state index contributed by atoms with van der Waals surface area (Å²) < 4.78 is 27.7. The Morgan fingerprint density at radius 1 is 0.933 bits per heavy atom. The third-order valence-corrected chi connectivity index (χ3v) is 6.74. The molecule has 1 amide bonds. The number of nitrogens with one attached hydrogen (secondary N) is 1. The Morgan fingerprint density at radius 2 is 1.53 bits per heavy atom. The minimum absolute atomic E-state index is 0.00464. The van der Waals surface area contributed by atoms with Crippen LogP contribution in [-0.4, -0.2) is 29.2 Å². The van der Waals surface area contributed by atoms with Crippen LogP contribution in [0.15, 0.2) is 56.9 Å². The van der Waals surface area contributed by atoms with Gasteiger partial charge in [0, 0.05) is 27.1 Å². The maximum absolute atomic E-state index is 12.7. The SMILES string of the molecule is Cc1ccc(CNC(=O)CCS(=O)(=O)c2ccc3c(c2)n(C)c(=O)c(=O)n3C)cc1. The molecule has 9 heteroatoms. The molecular weight excluding hydrogens is 406 g/mol. The molecule has 8 nitrogen and oxygen atoms in total. The van der Waals surface area contributed by atoms with E-state index in [2.05, 4.69) is 5.32 Å². The zero-order valence-electron chi connectivity index (χ0n) is 17.0. The number of hydrogen-bond acceptors (Lipinski definition) is 5. The van der Waals surface area contributed by atoms with E-state index in [0.29, 0.717) is 17.6 Å². The van der Waals surface area contributed by atoms with E-state index in [9.17, 15) is 22.8 Å². The molecule has 2 aromatic carbocycles. The standard InChI is InChI=1S/C21H23N3O5S/c1-14-4-6-15(7-5-14)13-22-19(25)10-11-30(28,29)16-8-9-17-18(12-16)24(3)21(27)20(26)23(17)2/h4-9,12H,10-11,13H2,1-3H3,(H,22,25). The highest BCUT2D eigenvalue weighted by atomic mass is 32.2. The van der Waals surface area contributed by atoms with Gasteiger partial charge >= 0.3 is 11.1 Å². The summed E-state index contributed by atoms with van der Waals surface area (Å²) in [6, 6.07) is 11.9. The average molecular weight is 429 g/mol. The number of carbonyl (C=O) groups is 1. The fourth-order valence-electron chi connectivity index (χ4n) is 3.09. The summed E-state index contributed by atoms with van der Waals surface area (Å²) in [4.78, 5) is 36.0. The van der Waals surface area contributed by atoms with E-state index in [1.807, 2.05) is 31.2 Å². The fraction of sp³-hybridized carbons (Fsp3) is 0.286. The summed E-state index contributed by atoms with van der Waals surface area (Å²) in [7, 11) is -0.877. The number of sulfone groups is 1. The van der Waals surface area contributed by atoms with Crippen molar-refractivity contribution in [3.05, 3.63) is 74.3 Å². The molecule has 3 aromatic rings. The Balaban J connectivity index is 1.74. The zero-order valence-corrected chi connectivity index (χ0v) is 17.8. The summed E-state index contributed by atoms with van der Waals surface area (Å²) in [6.45, 7) is 2.29. The molecule has 0 aliphatic carbocycles. The van der Waals surface area contributed by atoms with Crippen LogP contribution in [0.2, 0.25) is 0 Å². The molecule has 0 fully saturated rings. The molecule has 0 radical (unpaired) electrons. The maximum atomic E-state index is 12.7. The van der Waals surface area contributed by atoms with Crippen LogP contribution in [-0.2, 0) is 35.3 Å². The Bertz CT molecular complexity index is 1340. The predicted octanol–water partition coefficient (Wildman–Crippen LogP) is 1.03. The number of aromatic nitrogens is 2. The largest absolute Gasteiger partial charge is 0.352 e. The molecule has 158 valence electrons. The van der Waals surface area contributed by atoms with Crippen LogP contribution >= 0.6 is 0 Å². The number of nitrogens with zero attached hydrogens (tertiary/aromatic N) is 2. The molecular formula is C21H23N3O5S. The van der Waals surface area contributed by atoms with E-state index in [1.165, 1.54) is 36.9 Å². The van der Waals surface area contributed by atoms with Gasteiger partial charge in [0.05, 0.1) is 21.7 Å². The van der Waals surface area contributed by atoms with Gasteiger partial charge in [0.2, 0.25) is 5.91 Å². The van der Waals surface area contributed by atoms with Gasteiger partial charge in [0.1, 0.15) is 0 Å². The molecule has 0 saturated heterocycles. The molecule has 0 saturated carbocycles. The van der Waals surface area contributed by atoms with Crippen molar-refractivity contribution in [2.45, 2.75) is 24.8 Å². The minimum Gasteiger partial charge on any atom is -0.352 e. The van der Waals surface area contributed by atoms with Gasteiger partial charge < -0.3 is 14.5 Å². The Kier molecular flexibility index (Phi) is 5.93. The molecule has 0 aliphatic rings. The van der Waals surface area contributed by atoms with Crippen molar-refractivity contribution in [2.24, 2.45) is 14.1 Å². The average Bonchev–Trinajstić information content (AvgIpc) is 2.74. The first-order chi connectivity index (χ1) is 14.1. The molecule has 0 atom stereocenters. The van der Waals surface area contributed by atoms with Crippen LogP contribution in [0.4, 0.5) is 0 Å². The van der Waals surface area contributed by atoms with Crippen LogP contribution in [0, 0.1) is 6.92 Å². The van der Waals surface area contributed by atoms with Gasteiger partial charge in [-0.05, 0) is 30.7 Å². The fourth-order valence-corrected chi connectivity index (χ4v) is 4.35. The third kappa shape index (κ3) is 4.35. The number of aryl methyl sites for hydroxylation is 3. The molecule has 0 aliphatic heterocycles. The first-order valence-electron chi connectivity index (χ1n) is 9.35. The van der Waals surface area contributed by atoms with Crippen molar-refractivity contribution in [3.63, 3.8) is 0 Å². The van der Waals surface area contributed by atoms with Gasteiger partial charge in [-0.15, -0.1) is 0 Å². The Labute approximate surface area is 173 Å². The van der Waals surface area contributed by atoms with Crippen LogP contribution in [0.5, 0.6) is 0 Å². The monoisotopic (exact) mass is 429 g/mol. The summed E-state index contributed by atoms with van der Waals surface area (Å²) in [5.74, 6) is -0.729. The van der Waals surface area contributed by atoms with E-state index in [0.717, 1.165) is 15.7 Å². The van der Waals surface area contributed by atoms with Crippen molar-refractivity contribution < 1.29 is 13.2 Å². The highest BCUT2D eigenvalue weighted by Crippen LogP contribution is 2.18. The molecule has 1 heterocycles. The molecule has 3 rings (SSSR count). The summed E-state index contributed by atoms with van der Waals surface area (Å²) in [5.41, 5.74) is 1.38. The molecule has 0 unspecified atom stereocenters. The van der Waals surface area contributed by atoms with E-state index >= 15 is 0 Å². The number of hydrogen-bond donors (Lipinski definition) is 1. The van der Waals surface area contributed by atoms with Crippen molar-refractivity contribution in [2.75, 3.05) is 5.75 Å². The number of fused-ring (bicyclic) bond motifs is 1. The van der Waals surface area contributed by atoms with Crippen molar-refractivity contribution in [1.82, 2.24) is 14.5 Å².